The lowest BCUT2D eigenvalue weighted by molar-refractivity contribution is 0.0279. The predicted molar refractivity (Wildman–Crippen MR) is 80.3 cm³/mol. The first-order valence-corrected chi connectivity index (χ1v) is 9.08. The maximum absolute atomic E-state index is 12.2. The minimum absolute atomic E-state index is 0.0201. The zero-order valence-electron chi connectivity index (χ0n) is 11.4. The number of fused-ring (bicyclic) bond motifs is 1. The minimum atomic E-state index is -3.21. The highest BCUT2D eigenvalue weighted by molar-refractivity contribution is 7.93. The van der Waals surface area contributed by atoms with Gasteiger partial charge in [0.15, 0.2) is 9.84 Å². The van der Waals surface area contributed by atoms with E-state index in [0.29, 0.717) is 21.8 Å². The third-order valence-electron chi connectivity index (χ3n) is 3.44. The maximum Gasteiger partial charge on any atom is 0.338 e. The lowest BCUT2D eigenvalue weighted by Crippen LogP contribution is -2.22. The lowest BCUT2D eigenvalue weighted by Gasteiger charge is -2.22. The van der Waals surface area contributed by atoms with E-state index in [-0.39, 0.29) is 5.75 Å². The fourth-order valence-corrected chi connectivity index (χ4v) is 5.34. The topological polar surface area (TPSA) is 60.4 Å². The molecule has 0 unspecified atom stereocenters. The molecule has 0 saturated carbocycles. The summed E-state index contributed by atoms with van der Waals surface area (Å²) in [5.74, 6) is -0.396. The zero-order valence-corrected chi connectivity index (χ0v) is 13.0. The summed E-state index contributed by atoms with van der Waals surface area (Å²) >= 11 is 1.18. The van der Waals surface area contributed by atoms with E-state index in [0.717, 1.165) is 5.56 Å². The number of esters is 1. The normalized spacial score (nSPS) is 19.8. The summed E-state index contributed by atoms with van der Waals surface area (Å²) in [7, 11) is -3.21. The van der Waals surface area contributed by atoms with Crippen LogP contribution in [0, 0.1) is 6.92 Å². The summed E-state index contributed by atoms with van der Waals surface area (Å²) < 4.78 is 29.7. The number of rotatable bonds is 2. The summed E-state index contributed by atoms with van der Waals surface area (Å²) in [5.41, 5.74) is 2.07. The fourth-order valence-electron chi connectivity index (χ4n) is 2.40. The average Bonchev–Trinajstić information content (AvgIpc) is 2.93. The van der Waals surface area contributed by atoms with Crippen molar-refractivity contribution < 1.29 is 17.9 Å². The fraction of sp³-hybridized carbons (Fsp3) is 0.267. The molecule has 1 atom stereocenters. The minimum Gasteiger partial charge on any atom is -0.454 e. The number of hydrogen-bond acceptors (Lipinski definition) is 5. The second-order valence-corrected chi connectivity index (χ2v) is 8.25. The number of aryl methyl sites for hydroxylation is 1. The molecule has 0 bridgehead atoms. The average molecular weight is 322 g/mol. The Labute approximate surface area is 127 Å². The Morgan fingerprint density at radius 3 is 2.90 bits per heavy atom. The molecule has 21 heavy (non-hydrogen) atoms. The molecule has 110 valence electrons. The van der Waals surface area contributed by atoms with Crippen molar-refractivity contribution in [3.05, 3.63) is 52.4 Å². The molecular formula is C15H14O4S2. The summed E-state index contributed by atoms with van der Waals surface area (Å²) in [6.07, 6.45) is -0.174. The van der Waals surface area contributed by atoms with Gasteiger partial charge in [0, 0.05) is 12.0 Å². The van der Waals surface area contributed by atoms with Gasteiger partial charge in [-0.3, -0.25) is 0 Å². The van der Waals surface area contributed by atoms with Gasteiger partial charge in [0.2, 0.25) is 0 Å². The molecule has 6 heteroatoms. The van der Waals surface area contributed by atoms with Crippen LogP contribution in [0.25, 0.3) is 0 Å². The summed E-state index contributed by atoms with van der Waals surface area (Å²) in [6.45, 7) is 1.90. The van der Waals surface area contributed by atoms with Gasteiger partial charge in [-0.2, -0.15) is 0 Å². The van der Waals surface area contributed by atoms with Crippen LogP contribution in [0.15, 0.2) is 39.9 Å². The van der Waals surface area contributed by atoms with Crippen LogP contribution < -0.4 is 0 Å². The van der Waals surface area contributed by atoms with Crippen molar-refractivity contribution in [2.75, 3.05) is 5.75 Å². The van der Waals surface area contributed by atoms with Crippen molar-refractivity contribution in [1.82, 2.24) is 0 Å². The molecule has 0 spiro atoms. The van der Waals surface area contributed by atoms with Crippen LogP contribution in [-0.4, -0.2) is 20.1 Å². The molecule has 4 nitrogen and oxygen atoms in total. The molecule has 2 heterocycles. The molecule has 0 radical (unpaired) electrons. The summed E-state index contributed by atoms with van der Waals surface area (Å²) in [4.78, 5) is 12.2. The van der Waals surface area contributed by atoms with Gasteiger partial charge in [0.25, 0.3) is 0 Å². The van der Waals surface area contributed by atoms with E-state index in [1.165, 1.54) is 11.3 Å². The highest BCUT2D eigenvalue weighted by atomic mass is 32.2. The molecule has 1 aliphatic rings. The Morgan fingerprint density at radius 1 is 1.33 bits per heavy atom. The molecule has 0 saturated heterocycles. The van der Waals surface area contributed by atoms with Gasteiger partial charge in [-0.15, -0.1) is 11.3 Å². The number of ether oxygens (including phenoxy) is 1. The Hall–Kier alpha value is -1.66. The van der Waals surface area contributed by atoms with E-state index in [1.54, 1.807) is 29.6 Å². The molecule has 0 amide bonds. The van der Waals surface area contributed by atoms with Crippen molar-refractivity contribution in [3.63, 3.8) is 0 Å². The molecule has 0 fully saturated rings. The first-order valence-electron chi connectivity index (χ1n) is 6.55. The summed E-state index contributed by atoms with van der Waals surface area (Å²) in [5, 5.41) is 1.72. The van der Waals surface area contributed by atoms with Crippen molar-refractivity contribution >= 4 is 27.1 Å². The highest BCUT2D eigenvalue weighted by Gasteiger charge is 2.33. The standard InChI is InChI=1S/C15H14O4S2/c1-10-3-2-4-11(9-10)14(16)19-13-6-8-21(17,18)15-12(13)5-7-20-15/h2-5,7,9,13H,6,8H2,1H3/t13-/m1/s1. The number of carbonyl (C=O) groups is 1. The van der Waals surface area contributed by atoms with Crippen LogP contribution in [0.4, 0.5) is 0 Å². The molecule has 2 aromatic rings. The van der Waals surface area contributed by atoms with E-state index in [4.69, 9.17) is 4.74 Å². The second-order valence-electron chi connectivity index (χ2n) is 5.03. The van der Waals surface area contributed by atoms with Gasteiger partial charge in [0.05, 0.1) is 11.3 Å². The maximum atomic E-state index is 12.2. The van der Waals surface area contributed by atoms with E-state index < -0.39 is 21.9 Å². The van der Waals surface area contributed by atoms with Gasteiger partial charge in [-0.1, -0.05) is 17.7 Å². The molecule has 1 aromatic carbocycles. The largest absolute Gasteiger partial charge is 0.454 e. The third kappa shape index (κ3) is 2.73. The Morgan fingerprint density at radius 2 is 2.14 bits per heavy atom. The van der Waals surface area contributed by atoms with Crippen LogP contribution in [0.1, 0.15) is 34.0 Å². The van der Waals surface area contributed by atoms with Crippen molar-refractivity contribution in [3.8, 4) is 0 Å². The zero-order chi connectivity index (χ0) is 15.0. The number of benzene rings is 1. The monoisotopic (exact) mass is 322 g/mol. The smallest absolute Gasteiger partial charge is 0.338 e. The molecule has 1 aliphatic heterocycles. The Balaban J connectivity index is 1.85. The van der Waals surface area contributed by atoms with Gasteiger partial charge < -0.3 is 4.74 Å². The van der Waals surface area contributed by atoms with Gasteiger partial charge >= 0.3 is 5.97 Å². The Kier molecular flexibility index (Phi) is 3.59. The lowest BCUT2D eigenvalue weighted by atomic mass is 10.1. The van der Waals surface area contributed by atoms with Gasteiger partial charge in [-0.25, -0.2) is 13.2 Å². The van der Waals surface area contributed by atoms with Gasteiger partial charge in [-0.05, 0) is 30.5 Å². The third-order valence-corrected chi connectivity index (χ3v) is 6.79. The molecular weight excluding hydrogens is 308 g/mol. The van der Waals surface area contributed by atoms with E-state index in [2.05, 4.69) is 0 Å². The van der Waals surface area contributed by atoms with Crippen LogP contribution in [0.3, 0.4) is 0 Å². The van der Waals surface area contributed by atoms with E-state index in [1.807, 2.05) is 13.0 Å². The second kappa shape index (κ2) is 5.27. The van der Waals surface area contributed by atoms with Crippen LogP contribution in [0.5, 0.6) is 0 Å². The number of carbonyl (C=O) groups excluding carboxylic acids is 1. The van der Waals surface area contributed by atoms with Crippen molar-refractivity contribution in [1.29, 1.82) is 0 Å². The summed E-state index contributed by atoms with van der Waals surface area (Å²) in [6, 6.07) is 8.89. The predicted octanol–water partition coefficient (Wildman–Crippen LogP) is 3.13. The molecule has 3 rings (SSSR count). The first kappa shape index (κ1) is 14.3. The number of thiophene rings is 1. The molecule has 0 aliphatic carbocycles. The Bertz CT molecular complexity index is 790. The van der Waals surface area contributed by atoms with Crippen LogP contribution in [-0.2, 0) is 14.6 Å². The van der Waals surface area contributed by atoms with Gasteiger partial charge in [0.1, 0.15) is 10.3 Å². The van der Waals surface area contributed by atoms with Crippen molar-refractivity contribution in [2.45, 2.75) is 23.7 Å². The quantitative estimate of drug-likeness (QED) is 0.797. The van der Waals surface area contributed by atoms with Crippen molar-refractivity contribution in [2.24, 2.45) is 0 Å². The number of sulfone groups is 1. The van der Waals surface area contributed by atoms with E-state index >= 15 is 0 Å². The molecule has 1 aromatic heterocycles. The van der Waals surface area contributed by atoms with Crippen LogP contribution in [0.2, 0.25) is 0 Å². The highest BCUT2D eigenvalue weighted by Crippen LogP contribution is 2.38. The van der Waals surface area contributed by atoms with E-state index in [9.17, 15) is 13.2 Å². The number of hydrogen-bond donors (Lipinski definition) is 0. The SMILES string of the molecule is Cc1cccc(C(=O)O[C@@H]2CCS(=O)(=O)c3sccc32)c1. The first-order chi connectivity index (χ1) is 9.97. The van der Waals surface area contributed by atoms with Crippen LogP contribution >= 0.6 is 11.3 Å². The molecule has 0 N–H and O–H groups in total.